The van der Waals surface area contributed by atoms with Crippen molar-refractivity contribution < 1.29 is 14.3 Å². The lowest BCUT2D eigenvalue weighted by Crippen LogP contribution is -2.19. The molecule has 0 aromatic heterocycles. The van der Waals surface area contributed by atoms with Crippen molar-refractivity contribution in [2.75, 3.05) is 7.11 Å². The predicted octanol–water partition coefficient (Wildman–Crippen LogP) is 5.13. The van der Waals surface area contributed by atoms with Crippen molar-refractivity contribution in [1.29, 1.82) is 0 Å². The summed E-state index contributed by atoms with van der Waals surface area (Å²) in [4.78, 5) is 11.9. The highest BCUT2D eigenvalue weighted by molar-refractivity contribution is 5.88. The topological polar surface area (TPSA) is 38.8 Å². The van der Waals surface area contributed by atoms with E-state index < -0.39 is 0 Å². The molecule has 0 aromatic rings. The zero-order valence-corrected chi connectivity index (χ0v) is 15.7. The number of allylic oxidation sites excluding steroid dienone is 4. The van der Waals surface area contributed by atoms with E-state index in [0.29, 0.717) is 5.57 Å². The van der Waals surface area contributed by atoms with Gasteiger partial charge >= 0.3 is 5.97 Å². The third-order valence-corrected chi connectivity index (χ3v) is 5.53. The van der Waals surface area contributed by atoms with Crippen molar-refractivity contribution in [3.05, 3.63) is 35.5 Å². The van der Waals surface area contributed by atoms with Gasteiger partial charge in [0, 0.05) is 5.57 Å². The average Bonchev–Trinajstić information content (AvgIpc) is 3.18. The monoisotopic (exact) mass is 332 g/mol. The van der Waals surface area contributed by atoms with Gasteiger partial charge in [0.15, 0.2) is 0 Å². The molecule has 0 saturated carbocycles. The van der Waals surface area contributed by atoms with Crippen LogP contribution in [0, 0.1) is 5.92 Å². The standard InChI is InChI=1S/C21H32O3/c1-15-8-6-9-16(2)11-12-18(17(3)20(22)23-5)14-19-21(4,24-19)13-7-10-15/h9-10,18-19H,3,6-8,11-14H2,1-2,4-5H3/b15-10+,16-9+/t18-,19+,21+/m0/s1. The molecule has 134 valence electrons. The summed E-state index contributed by atoms with van der Waals surface area (Å²) in [5, 5.41) is 0. The Balaban J connectivity index is 2.11. The van der Waals surface area contributed by atoms with Gasteiger partial charge in [-0.25, -0.2) is 4.79 Å². The maximum absolute atomic E-state index is 11.9. The van der Waals surface area contributed by atoms with Crippen LogP contribution in [0.1, 0.15) is 65.7 Å². The highest BCUT2D eigenvalue weighted by Gasteiger charge is 2.52. The number of methoxy groups -OCH3 is 1. The second kappa shape index (κ2) is 8.15. The Kier molecular flexibility index (Phi) is 6.45. The quantitative estimate of drug-likeness (QED) is 0.305. The molecule has 0 spiro atoms. The van der Waals surface area contributed by atoms with Gasteiger partial charge in [-0.2, -0.15) is 0 Å². The van der Waals surface area contributed by atoms with Crippen LogP contribution in [-0.2, 0) is 14.3 Å². The molecule has 3 nitrogen and oxygen atoms in total. The van der Waals surface area contributed by atoms with Crippen molar-refractivity contribution in [2.24, 2.45) is 5.92 Å². The number of carbonyl (C=O) groups is 1. The van der Waals surface area contributed by atoms with Gasteiger partial charge in [-0.15, -0.1) is 0 Å². The SMILES string of the molecule is C=C(C(=O)OC)[C@H]1CC/C(C)=C/CC/C(C)=C/CC[C@@]2(C)O[C@@H]2C1. The van der Waals surface area contributed by atoms with E-state index >= 15 is 0 Å². The molecule has 0 amide bonds. The normalized spacial score (nSPS) is 36.2. The summed E-state index contributed by atoms with van der Waals surface area (Å²) in [6, 6.07) is 0. The lowest BCUT2D eigenvalue weighted by atomic mass is 9.85. The number of esters is 1. The summed E-state index contributed by atoms with van der Waals surface area (Å²) in [5.74, 6) is -0.156. The maximum Gasteiger partial charge on any atom is 0.333 e. The number of epoxide rings is 1. The van der Waals surface area contributed by atoms with E-state index in [2.05, 4.69) is 39.5 Å². The number of ether oxygens (including phenoxy) is 2. The van der Waals surface area contributed by atoms with Crippen molar-refractivity contribution in [3.8, 4) is 0 Å². The average molecular weight is 332 g/mol. The molecule has 2 rings (SSSR count). The molecule has 2 aliphatic rings. The van der Waals surface area contributed by atoms with Crippen LogP contribution in [0.4, 0.5) is 0 Å². The zero-order valence-electron chi connectivity index (χ0n) is 15.7. The molecule has 1 fully saturated rings. The first-order valence-corrected chi connectivity index (χ1v) is 9.12. The van der Waals surface area contributed by atoms with Crippen LogP contribution < -0.4 is 0 Å². The molecule has 24 heavy (non-hydrogen) atoms. The Morgan fingerprint density at radius 2 is 1.92 bits per heavy atom. The van der Waals surface area contributed by atoms with E-state index in [4.69, 9.17) is 9.47 Å². The Morgan fingerprint density at radius 3 is 2.62 bits per heavy atom. The van der Waals surface area contributed by atoms with Crippen LogP contribution in [0.3, 0.4) is 0 Å². The predicted molar refractivity (Wildman–Crippen MR) is 97.8 cm³/mol. The number of hydrogen-bond acceptors (Lipinski definition) is 3. The third kappa shape index (κ3) is 5.07. The molecule has 0 N–H and O–H groups in total. The van der Waals surface area contributed by atoms with E-state index in [-0.39, 0.29) is 23.6 Å². The first-order chi connectivity index (χ1) is 11.4. The number of rotatable bonds is 2. The zero-order chi connectivity index (χ0) is 17.7. The van der Waals surface area contributed by atoms with Crippen LogP contribution >= 0.6 is 0 Å². The van der Waals surface area contributed by atoms with E-state index in [1.54, 1.807) is 0 Å². The van der Waals surface area contributed by atoms with Gasteiger partial charge in [0.25, 0.3) is 0 Å². The molecule has 1 saturated heterocycles. The van der Waals surface area contributed by atoms with Gasteiger partial charge in [-0.05, 0) is 71.6 Å². The van der Waals surface area contributed by atoms with Crippen LogP contribution in [0.25, 0.3) is 0 Å². The summed E-state index contributed by atoms with van der Waals surface area (Å²) < 4.78 is 10.9. The minimum atomic E-state index is -0.288. The molecular formula is C21H32O3. The Labute approximate surface area is 146 Å². The smallest absolute Gasteiger partial charge is 0.333 e. The van der Waals surface area contributed by atoms with Crippen LogP contribution in [0.2, 0.25) is 0 Å². The molecule has 0 radical (unpaired) electrons. The van der Waals surface area contributed by atoms with Gasteiger partial charge in [0.1, 0.15) is 0 Å². The fraction of sp³-hybridized carbons (Fsp3) is 0.667. The van der Waals surface area contributed by atoms with Gasteiger partial charge in [0.05, 0.1) is 18.8 Å². The molecule has 0 aromatic carbocycles. The minimum absolute atomic E-state index is 0.0412. The third-order valence-electron chi connectivity index (χ3n) is 5.53. The number of hydrogen-bond donors (Lipinski definition) is 0. The first kappa shape index (κ1) is 19.0. The first-order valence-electron chi connectivity index (χ1n) is 9.12. The summed E-state index contributed by atoms with van der Waals surface area (Å²) in [5.41, 5.74) is 3.40. The molecular weight excluding hydrogens is 300 g/mol. The molecule has 1 aliphatic heterocycles. The molecule has 1 aliphatic carbocycles. The molecule has 3 heteroatoms. The van der Waals surface area contributed by atoms with Crippen molar-refractivity contribution in [2.45, 2.75) is 77.4 Å². The molecule has 3 atom stereocenters. The van der Waals surface area contributed by atoms with E-state index in [9.17, 15) is 4.79 Å². The lowest BCUT2D eigenvalue weighted by Gasteiger charge is -2.18. The van der Waals surface area contributed by atoms with Gasteiger partial charge < -0.3 is 9.47 Å². The molecule has 0 bridgehead atoms. The fourth-order valence-corrected chi connectivity index (χ4v) is 3.56. The van der Waals surface area contributed by atoms with Gasteiger partial charge in [-0.3, -0.25) is 0 Å². The van der Waals surface area contributed by atoms with Crippen molar-refractivity contribution >= 4 is 5.97 Å². The van der Waals surface area contributed by atoms with E-state index in [1.807, 2.05) is 0 Å². The van der Waals surface area contributed by atoms with Crippen molar-refractivity contribution in [1.82, 2.24) is 0 Å². The second-order valence-corrected chi connectivity index (χ2v) is 7.59. The molecule has 0 unspecified atom stereocenters. The minimum Gasteiger partial charge on any atom is -0.466 e. The van der Waals surface area contributed by atoms with Gasteiger partial charge in [-0.1, -0.05) is 29.9 Å². The maximum atomic E-state index is 11.9. The summed E-state index contributed by atoms with van der Waals surface area (Å²) in [7, 11) is 1.42. The number of carbonyl (C=O) groups excluding carboxylic acids is 1. The highest BCUT2D eigenvalue weighted by Crippen LogP contribution is 2.45. The second-order valence-electron chi connectivity index (χ2n) is 7.59. The van der Waals surface area contributed by atoms with E-state index in [0.717, 1.165) is 44.9 Å². The summed E-state index contributed by atoms with van der Waals surface area (Å²) >= 11 is 0. The van der Waals surface area contributed by atoms with Crippen LogP contribution in [-0.4, -0.2) is 24.8 Å². The van der Waals surface area contributed by atoms with Crippen molar-refractivity contribution in [3.63, 3.8) is 0 Å². The van der Waals surface area contributed by atoms with Crippen LogP contribution in [0.15, 0.2) is 35.5 Å². The Hall–Kier alpha value is -1.35. The Morgan fingerprint density at radius 1 is 1.25 bits per heavy atom. The Bertz CT molecular complexity index is 543. The summed E-state index contributed by atoms with van der Waals surface area (Å²) in [6.45, 7) is 10.6. The van der Waals surface area contributed by atoms with Crippen LogP contribution in [0.5, 0.6) is 0 Å². The lowest BCUT2D eigenvalue weighted by molar-refractivity contribution is -0.136. The number of fused-ring (bicyclic) bond motifs is 1. The summed E-state index contributed by atoms with van der Waals surface area (Å²) in [6.07, 6.45) is 12.0. The molecule has 1 heterocycles. The fourth-order valence-electron chi connectivity index (χ4n) is 3.56. The largest absolute Gasteiger partial charge is 0.466 e. The van der Waals surface area contributed by atoms with Gasteiger partial charge in [0.2, 0.25) is 0 Å². The highest BCUT2D eigenvalue weighted by atomic mass is 16.6. The van der Waals surface area contributed by atoms with E-state index in [1.165, 1.54) is 18.3 Å².